The number of amides is 4. The second-order valence-corrected chi connectivity index (χ2v) is 9.43. The van der Waals surface area contributed by atoms with Crippen molar-refractivity contribution in [3.63, 3.8) is 0 Å². The molecule has 2 aromatic rings. The molecule has 7 nitrogen and oxygen atoms in total. The lowest BCUT2D eigenvalue weighted by Crippen LogP contribution is -2.54. The van der Waals surface area contributed by atoms with Gasteiger partial charge in [0.25, 0.3) is 5.91 Å². The molecule has 0 aliphatic carbocycles. The van der Waals surface area contributed by atoms with Crippen molar-refractivity contribution in [3.8, 4) is 5.75 Å². The van der Waals surface area contributed by atoms with E-state index in [1.807, 2.05) is 52.9 Å². The maximum atomic E-state index is 13.2. The number of ether oxygens (including phenoxy) is 1. The third kappa shape index (κ3) is 4.50. The summed E-state index contributed by atoms with van der Waals surface area (Å²) in [4.78, 5) is 41.6. The van der Waals surface area contributed by atoms with E-state index in [0.717, 1.165) is 16.9 Å². The van der Waals surface area contributed by atoms with Gasteiger partial charge in [0.15, 0.2) is 0 Å². The smallest absolute Gasteiger partial charge is 0.325 e. The predicted octanol–water partition coefficient (Wildman–Crippen LogP) is 3.09. The molecule has 0 radical (unpaired) electrons. The average Bonchev–Trinajstić information content (AvgIpc) is 3.39. The zero-order chi connectivity index (χ0) is 22.7. The van der Waals surface area contributed by atoms with Gasteiger partial charge in [-0.2, -0.15) is 11.3 Å². The molecule has 2 fully saturated rings. The van der Waals surface area contributed by atoms with Crippen LogP contribution >= 0.6 is 11.3 Å². The van der Waals surface area contributed by atoms with Crippen LogP contribution in [0.25, 0.3) is 0 Å². The molecule has 1 atom stereocenters. The predicted molar refractivity (Wildman–Crippen MR) is 123 cm³/mol. The number of hydrogen-bond acceptors (Lipinski definition) is 5. The van der Waals surface area contributed by atoms with Gasteiger partial charge >= 0.3 is 6.03 Å². The van der Waals surface area contributed by atoms with E-state index >= 15 is 0 Å². The van der Waals surface area contributed by atoms with Gasteiger partial charge < -0.3 is 15.0 Å². The van der Waals surface area contributed by atoms with Gasteiger partial charge in [-0.3, -0.25) is 14.5 Å². The monoisotopic (exact) mass is 455 g/mol. The van der Waals surface area contributed by atoms with Crippen molar-refractivity contribution >= 4 is 29.2 Å². The molecule has 1 aromatic carbocycles. The summed E-state index contributed by atoms with van der Waals surface area (Å²) in [5.74, 6) is 0.737. The van der Waals surface area contributed by atoms with E-state index in [0.29, 0.717) is 45.3 Å². The number of benzene rings is 1. The zero-order valence-corrected chi connectivity index (χ0v) is 19.3. The minimum atomic E-state index is -0.917. The Morgan fingerprint density at radius 1 is 1.16 bits per heavy atom. The number of nitrogens with zero attached hydrogens (tertiary/aromatic N) is 2. The number of methoxy groups -OCH3 is 1. The molecule has 4 amide bonds. The van der Waals surface area contributed by atoms with Crippen molar-refractivity contribution in [2.75, 3.05) is 26.7 Å². The van der Waals surface area contributed by atoms with Crippen LogP contribution in [0.2, 0.25) is 0 Å². The van der Waals surface area contributed by atoms with Crippen LogP contribution in [0.1, 0.15) is 30.9 Å². The summed E-state index contributed by atoms with van der Waals surface area (Å²) in [6, 6.07) is 9.28. The van der Waals surface area contributed by atoms with Gasteiger partial charge in [0, 0.05) is 19.6 Å². The Labute approximate surface area is 192 Å². The maximum Gasteiger partial charge on any atom is 0.325 e. The lowest BCUT2D eigenvalue weighted by atomic mass is 9.78. The van der Waals surface area contributed by atoms with Gasteiger partial charge in [-0.1, -0.05) is 12.1 Å². The summed E-state index contributed by atoms with van der Waals surface area (Å²) in [6.45, 7) is 3.38. The highest BCUT2D eigenvalue weighted by Gasteiger charge is 2.52. The average molecular weight is 456 g/mol. The number of rotatable bonds is 7. The lowest BCUT2D eigenvalue weighted by Gasteiger charge is -2.39. The molecule has 3 heterocycles. The number of piperidine rings is 1. The number of nitrogens with one attached hydrogen (secondary N) is 1. The van der Waals surface area contributed by atoms with Crippen molar-refractivity contribution < 1.29 is 19.1 Å². The summed E-state index contributed by atoms with van der Waals surface area (Å²) >= 11 is 1.59. The fraction of sp³-hybridized carbons (Fsp3) is 0.458. The molecule has 0 bridgehead atoms. The summed E-state index contributed by atoms with van der Waals surface area (Å²) in [7, 11) is 1.62. The first-order chi connectivity index (χ1) is 15.4. The Bertz CT molecular complexity index is 968. The SMILES string of the molecule is COc1ccc(CCN2C(=O)N[C@](C)(C3CCN(C(=O)Cc4ccsc4)CC3)C2=O)cc1. The van der Waals surface area contributed by atoms with E-state index in [9.17, 15) is 14.4 Å². The van der Waals surface area contributed by atoms with Crippen LogP contribution in [0.5, 0.6) is 5.75 Å². The normalized spacial score (nSPS) is 21.7. The van der Waals surface area contributed by atoms with Crippen molar-refractivity contribution in [2.24, 2.45) is 5.92 Å². The van der Waals surface area contributed by atoms with Gasteiger partial charge in [0.05, 0.1) is 13.5 Å². The first kappa shape index (κ1) is 22.3. The number of urea groups is 1. The highest BCUT2D eigenvalue weighted by atomic mass is 32.1. The maximum absolute atomic E-state index is 13.2. The fourth-order valence-corrected chi connectivity index (χ4v) is 5.28. The van der Waals surface area contributed by atoms with E-state index in [-0.39, 0.29) is 23.8 Å². The Hall–Kier alpha value is -2.87. The molecule has 1 N–H and O–H groups in total. The van der Waals surface area contributed by atoms with Gasteiger partial charge in [-0.05, 0) is 72.2 Å². The number of carbonyl (C=O) groups is 3. The van der Waals surface area contributed by atoms with E-state index in [1.165, 1.54) is 4.90 Å². The van der Waals surface area contributed by atoms with Crippen LogP contribution < -0.4 is 10.1 Å². The Kier molecular flexibility index (Phi) is 6.50. The first-order valence-corrected chi connectivity index (χ1v) is 11.9. The second-order valence-electron chi connectivity index (χ2n) is 8.65. The van der Waals surface area contributed by atoms with Crippen molar-refractivity contribution in [1.29, 1.82) is 0 Å². The fourth-order valence-electron chi connectivity index (χ4n) is 4.61. The minimum absolute atomic E-state index is 0.00938. The highest BCUT2D eigenvalue weighted by molar-refractivity contribution is 7.08. The molecule has 2 aliphatic heterocycles. The van der Waals surface area contributed by atoms with E-state index in [1.54, 1.807) is 18.4 Å². The van der Waals surface area contributed by atoms with E-state index < -0.39 is 5.54 Å². The number of hydrogen-bond donors (Lipinski definition) is 1. The van der Waals surface area contributed by atoms with Crippen LogP contribution in [-0.2, 0) is 22.4 Å². The van der Waals surface area contributed by atoms with Gasteiger partial charge in [0.2, 0.25) is 5.91 Å². The Morgan fingerprint density at radius 3 is 2.50 bits per heavy atom. The summed E-state index contributed by atoms with van der Waals surface area (Å²) in [5.41, 5.74) is 1.16. The second kappa shape index (κ2) is 9.32. The largest absolute Gasteiger partial charge is 0.497 e. The van der Waals surface area contributed by atoms with Crippen molar-refractivity contribution in [1.82, 2.24) is 15.1 Å². The third-order valence-electron chi connectivity index (χ3n) is 6.68. The van der Waals surface area contributed by atoms with Crippen LogP contribution in [-0.4, -0.2) is 59.9 Å². The summed E-state index contributed by atoms with van der Waals surface area (Å²) < 4.78 is 5.17. The molecule has 0 spiro atoms. The summed E-state index contributed by atoms with van der Waals surface area (Å²) in [6.07, 6.45) is 2.41. The minimum Gasteiger partial charge on any atom is -0.497 e. The number of imide groups is 1. The van der Waals surface area contributed by atoms with Crippen LogP contribution in [0.4, 0.5) is 4.79 Å². The molecule has 4 rings (SSSR count). The van der Waals surface area contributed by atoms with E-state index in [2.05, 4.69) is 5.32 Å². The number of carbonyl (C=O) groups excluding carboxylic acids is 3. The molecule has 1 aromatic heterocycles. The quantitative estimate of drug-likeness (QED) is 0.651. The molecule has 0 saturated carbocycles. The van der Waals surface area contributed by atoms with Crippen molar-refractivity contribution in [2.45, 2.75) is 38.1 Å². The molecule has 2 aliphatic rings. The Morgan fingerprint density at radius 2 is 1.88 bits per heavy atom. The molecule has 0 unspecified atom stereocenters. The Balaban J connectivity index is 1.33. The van der Waals surface area contributed by atoms with Gasteiger partial charge in [-0.15, -0.1) is 0 Å². The number of thiophene rings is 1. The molecule has 170 valence electrons. The first-order valence-electron chi connectivity index (χ1n) is 11.0. The zero-order valence-electron chi connectivity index (χ0n) is 18.5. The van der Waals surface area contributed by atoms with Gasteiger partial charge in [-0.25, -0.2) is 4.79 Å². The lowest BCUT2D eigenvalue weighted by molar-refractivity contribution is -0.135. The summed E-state index contributed by atoms with van der Waals surface area (Å²) in [5, 5.41) is 6.93. The van der Waals surface area contributed by atoms with Crippen molar-refractivity contribution in [3.05, 3.63) is 52.2 Å². The third-order valence-corrected chi connectivity index (χ3v) is 7.42. The topological polar surface area (TPSA) is 79.0 Å². The highest BCUT2D eigenvalue weighted by Crippen LogP contribution is 2.33. The molecular formula is C24H29N3O4S. The molecule has 2 saturated heterocycles. The van der Waals surface area contributed by atoms with Crippen LogP contribution in [0.3, 0.4) is 0 Å². The standard InChI is InChI=1S/C24H29N3O4S/c1-24(19-8-11-26(12-9-19)21(28)15-18-10-14-32-16-18)22(29)27(23(30)25-24)13-7-17-3-5-20(31-2)6-4-17/h3-6,10,14,16,19H,7-9,11-13,15H2,1-2H3,(H,25,30)/t24-/m1/s1. The number of likely N-dealkylation sites (tertiary alicyclic amines) is 1. The molecular weight excluding hydrogens is 426 g/mol. The van der Waals surface area contributed by atoms with Crippen LogP contribution in [0.15, 0.2) is 41.1 Å². The molecule has 32 heavy (non-hydrogen) atoms. The van der Waals surface area contributed by atoms with Gasteiger partial charge in [0.1, 0.15) is 11.3 Å². The van der Waals surface area contributed by atoms with E-state index in [4.69, 9.17) is 4.74 Å². The van der Waals surface area contributed by atoms with Crippen LogP contribution in [0, 0.1) is 5.92 Å². The molecule has 8 heteroatoms.